The summed E-state index contributed by atoms with van der Waals surface area (Å²) in [6, 6.07) is 16.3. The summed E-state index contributed by atoms with van der Waals surface area (Å²) >= 11 is 0. The van der Waals surface area contributed by atoms with Crippen molar-refractivity contribution in [2.45, 2.75) is 11.8 Å². The predicted molar refractivity (Wildman–Crippen MR) is 92.6 cm³/mol. The molecule has 0 atom stereocenters. The smallest absolute Gasteiger partial charge is 0.269 e. The zero-order valence-corrected chi connectivity index (χ0v) is 13.6. The Bertz CT molecular complexity index is 1050. The van der Waals surface area contributed by atoms with Crippen molar-refractivity contribution in [3.63, 3.8) is 0 Å². The van der Waals surface area contributed by atoms with Crippen LogP contribution in [0.15, 0.2) is 65.6 Å². The van der Waals surface area contributed by atoms with Gasteiger partial charge in [0.2, 0.25) is 0 Å². The molecule has 122 valence electrons. The van der Waals surface area contributed by atoms with E-state index in [2.05, 4.69) is 4.72 Å². The van der Waals surface area contributed by atoms with E-state index in [-0.39, 0.29) is 10.6 Å². The molecule has 0 radical (unpaired) electrons. The molecule has 0 aliphatic rings. The van der Waals surface area contributed by atoms with E-state index in [0.717, 1.165) is 10.8 Å². The SMILES string of the molecule is Cc1cc([N+](=O)[O-])ccc1NS(=O)(=O)c1ccc2ccccc2c1. The van der Waals surface area contributed by atoms with Crippen molar-refractivity contribution in [2.75, 3.05) is 4.72 Å². The van der Waals surface area contributed by atoms with Crippen LogP contribution in [0.2, 0.25) is 0 Å². The first kappa shape index (κ1) is 15.9. The number of nitro benzene ring substituents is 1. The summed E-state index contributed by atoms with van der Waals surface area (Å²) in [5, 5.41) is 12.5. The first-order valence-electron chi connectivity index (χ1n) is 7.13. The van der Waals surface area contributed by atoms with Crippen LogP contribution in [0.1, 0.15) is 5.56 Å². The third kappa shape index (κ3) is 3.07. The number of benzene rings is 3. The average molecular weight is 342 g/mol. The molecule has 0 fully saturated rings. The predicted octanol–water partition coefficient (Wildman–Crippen LogP) is 3.86. The molecule has 0 saturated carbocycles. The molecule has 0 aliphatic carbocycles. The van der Waals surface area contributed by atoms with Crippen molar-refractivity contribution in [1.82, 2.24) is 0 Å². The molecule has 0 amide bonds. The second-order valence-corrected chi connectivity index (χ2v) is 7.05. The Morgan fingerprint density at radius 2 is 1.67 bits per heavy atom. The maximum absolute atomic E-state index is 12.6. The minimum atomic E-state index is -3.78. The molecule has 1 N–H and O–H groups in total. The van der Waals surface area contributed by atoms with Crippen LogP contribution in [-0.2, 0) is 10.0 Å². The number of anilines is 1. The molecule has 0 spiro atoms. The molecule has 6 nitrogen and oxygen atoms in total. The summed E-state index contributed by atoms with van der Waals surface area (Å²) in [5.74, 6) is 0. The Hall–Kier alpha value is -2.93. The highest BCUT2D eigenvalue weighted by atomic mass is 32.2. The molecule has 3 aromatic rings. The fraction of sp³-hybridized carbons (Fsp3) is 0.0588. The highest BCUT2D eigenvalue weighted by Gasteiger charge is 2.17. The second-order valence-electron chi connectivity index (χ2n) is 5.37. The fourth-order valence-electron chi connectivity index (χ4n) is 2.41. The van der Waals surface area contributed by atoms with Crippen LogP contribution in [0.4, 0.5) is 11.4 Å². The summed E-state index contributed by atoms with van der Waals surface area (Å²) in [6.45, 7) is 1.62. The van der Waals surface area contributed by atoms with Crippen LogP contribution in [0.3, 0.4) is 0 Å². The highest BCUT2D eigenvalue weighted by Crippen LogP contribution is 2.25. The second kappa shape index (κ2) is 5.93. The Morgan fingerprint density at radius 3 is 2.33 bits per heavy atom. The van der Waals surface area contributed by atoms with E-state index < -0.39 is 14.9 Å². The van der Waals surface area contributed by atoms with E-state index >= 15 is 0 Å². The van der Waals surface area contributed by atoms with Gasteiger partial charge in [0.05, 0.1) is 15.5 Å². The Labute approximate surface area is 138 Å². The molecule has 3 aromatic carbocycles. The quantitative estimate of drug-likeness (QED) is 0.576. The maximum atomic E-state index is 12.6. The van der Waals surface area contributed by atoms with E-state index in [1.165, 1.54) is 24.3 Å². The first-order chi connectivity index (χ1) is 11.4. The van der Waals surface area contributed by atoms with Crippen LogP contribution in [0, 0.1) is 17.0 Å². The minimum Gasteiger partial charge on any atom is -0.279 e. The van der Waals surface area contributed by atoms with Gasteiger partial charge in [-0.2, -0.15) is 0 Å². The Kier molecular flexibility index (Phi) is 3.94. The van der Waals surface area contributed by atoms with Gasteiger partial charge in [-0.3, -0.25) is 14.8 Å². The molecular weight excluding hydrogens is 328 g/mol. The van der Waals surface area contributed by atoms with Crippen LogP contribution in [0.25, 0.3) is 10.8 Å². The molecule has 7 heteroatoms. The number of hydrogen-bond acceptors (Lipinski definition) is 4. The van der Waals surface area contributed by atoms with Gasteiger partial charge in [-0.05, 0) is 41.5 Å². The summed E-state index contributed by atoms with van der Waals surface area (Å²) in [7, 11) is -3.78. The molecule has 0 unspecified atom stereocenters. The third-order valence-corrected chi connectivity index (χ3v) is 5.06. The van der Waals surface area contributed by atoms with Crippen molar-refractivity contribution in [3.05, 3.63) is 76.3 Å². The van der Waals surface area contributed by atoms with Crippen molar-refractivity contribution in [3.8, 4) is 0 Å². The van der Waals surface area contributed by atoms with Gasteiger partial charge in [-0.25, -0.2) is 8.42 Å². The summed E-state index contributed by atoms with van der Waals surface area (Å²) in [5.41, 5.74) is 0.712. The van der Waals surface area contributed by atoms with Crippen molar-refractivity contribution in [2.24, 2.45) is 0 Å². The van der Waals surface area contributed by atoms with E-state index in [1.54, 1.807) is 19.1 Å². The summed E-state index contributed by atoms with van der Waals surface area (Å²) in [4.78, 5) is 10.4. The summed E-state index contributed by atoms with van der Waals surface area (Å²) in [6.07, 6.45) is 0. The molecule has 0 bridgehead atoms. The number of aryl methyl sites for hydroxylation is 1. The maximum Gasteiger partial charge on any atom is 0.269 e. The number of hydrogen-bond donors (Lipinski definition) is 1. The Balaban J connectivity index is 1.97. The Morgan fingerprint density at radius 1 is 0.958 bits per heavy atom. The van der Waals surface area contributed by atoms with Gasteiger partial charge in [-0.1, -0.05) is 30.3 Å². The normalized spacial score (nSPS) is 11.4. The van der Waals surface area contributed by atoms with Gasteiger partial charge >= 0.3 is 0 Å². The monoisotopic (exact) mass is 342 g/mol. The van der Waals surface area contributed by atoms with Gasteiger partial charge in [0.25, 0.3) is 15.7 Å². The number of nitro groups is 1. The van der Waals surface area contributed by atoms with Crippen LogP contribution < -0.4 is 4.72 Å². The zero-order chi connectivity index (χ0) is 17.3. The number of rotatable bonds is 4. The number of nitrogens with zero attached hydrogens (tertiary/aromatic N) is 1. The molecule has 24 heavy (non-hydrogen) atoms. The van der Waals surface area contributed by atoms with Gasteiger partial charge < -0.3 is 0 Å². The van der Waals surface area contributed by atoms with E-state index in [0.29, 0.717) is 11.3 Å². The van der Waals surface area contributed by atoms with E-state index in [4.69, 9.17) is 0 Å². The van der Waals surface area contributed by atoms with Crippen molar-refractivity contribution in [1.29, 1.82) is 0 Å². The summed E-state index contributed by atoms with van der Waals surface area (Å²) < 4.78 is 27.6. The van der Waals surface area contributed by atoms with E-state index in [1.807, 2.05) is 24.3 Å². The first-order valence-corrected chi connectivity index (χ1v) is 8.62. The molecule has 3 rings (SSSR count). The molecule has 0 aromatic heterocycles. The number of sulfonamides is 1. The molecule has 0 saturated heterocycles. The lowest BCUT2D eigenvalue weighted by molar-refractivity contribution is -0.384. The molecule has 0 heterocycles. The molecule has 0 aliphatic heterocycles. The largest absolute Gasteiger partial charge is 0.279 e. The lowest BCUT2D eigenvalue weighted by atomic mass is 10.1. The third-order valence-electron chi connectivity index (χ3n) is 3.70. The lowest BCUT2D eigenvalue weighted by Crippen LogP contribution is -2.13. The van der Waals surface area contributed by atoms with Gasteiger partial charge in [0.1, 0.15) is 0 Å². The lowest BCUT2D eigenvalue weighted by Gasteiger charge is -2.11. The van der Waals surface area contributed by atoms with Gasteiger partial charge in [0.15, 0.2) is 0 Å². The average Bonchev–Trinajstić information content (AvgIpc) is 2.56. The number of non-ortho nitro benzene ring substituents is 1. The minimum absolute atomic E-state index is 0.0823. The van der Waals surface area contributed by atoms with Gasteiger partial charge in [-0.15, -0.1) is 0 Å². The van der Waals surface area contributed by atoms with Gasteiger partial charge in [0, 0.05) is 12.1 Å². The number of fused-ring (bicyclic) bond motifs is 1. The standard InChI is InChI=1S/C17H14N2O4S/c1-12-10-15(19(20)21)7-9-17(12)18-24(22,23)16-8-6-13-4-2-3-5-14(13)11-16/h2-11,18H,1H3. The highest BCUT2D eigenvalue weighted by molar-refractivity contribution is 7.92. The fourth-order valence-corrected chi connectivity index (χ4v) is 3.58. The van der Waals surface area contributed by atoms with Crippen LogP contribution in [-0.4, -0.2) is 13.3 Å². The van der Waals surface area contributed by atoms with E-state index in [9.17, 15) is 18.5 Å². The topological polar surface area (TPSA) is 89.3 Å². The molecular formula is C17H14N2O4S. The number of nitrogens with one attached hydrogen (secondary N) is 1. The van der Waals surface area contributed by atoms with Crippen molar-refractivity contribution >= 4 is 32.2 Å². The van der Waals surface area contributed by atoms with Crippen LogP contribution in [0.5, 0.6) is 0 Å². The zero-order valence-electron chi connectivity index (χ0n) is 12.8. The van der Waals surface area contributed by atoms with Crippen LogP contribution >= 0.6 is 0 Å². The van der Waals surface area contributed by atoms with Crippen molar-refractivity contribution < 1.29 is 13.3 Å².